The van der Waals surface area contributed by atoms with E-state index in [1.54, 1.807) is 11.8 Å². The molecule has 5 heteroatoms. The summed E-state index contributed by atoms with van der Waals surface area (Å²) in [7, 11) is 0. The SMILES string of the molecule is Cc1nc(SCC(N)c2ccccc2)n[nH]1. The Morgan fingerprint density at radius 3 is 2.75 bits per heavy atom. The van der Waals surface area contributed by atoms with Gasteiger partial charge in [-0.25, -0.2) is 4.98 Å². The van der Waals surface area contributed by atoms with Gasteiger partial charge in [0.1, 0.15) is 5.82 Å². The van der Waals surface area contributed by atoms with E-state index in [9.17, 15) is 0 Å². The molecule has 0 radical (unpaired) electrons. The van der Waals surface area contributed by atoms with Crippen molar-refractivity contribution in [3.05, 3.63) is 41.7 Å². The second-order valence-electron chi connectivity index (χ2n) is 3.53. The molecule has 1 heterocycles. The lowest BCUT2D eigenvalue weighted by Gasteiger charge is -2.09. The summed E-state index contributed by atoms with van der Waals surface area (Å²) in [6.45, 7) is 1.88. The average molecular weight is 234 g/mol. The fourth-order valence-corrected chi connectivity index (χ4v) is 2.18. The van der Waals surface area contributed by atoms with Gasteiger partial charge in [-0.3, -0.25) is 5.10 Å². The molecular weight excluding hydrogens is 220 g/mol. The average Bonchev–Trinajstić information content (AvgIpc) is 2.73. The molecule has 3 N–H and O–H groups in total. The number of thioether (sulfide) groups is 1. The highest BCUT2D eigenvalue weighted by atomic mass is 32.2. The minimum Gasteiger partial charge on any atom is -0.323 e. The standard InChI is InChI=1S/C11H14N4S/c1-8-13-11(15-14-8)16-7-10(12)9-5-3-2-4-6-9/h2-6,10H,7,12H2,1H3,(H,13,14,15). The lowest BCUT2D eigenvalue weighted by atomic mass is 10.1. The van der Waals surface area contributed by atoms with Gasteiger partial charge < -0.3 is 5.73 Å². The zero-order valence-corrected chi connectivity index (χ0v) is 9.87. The van der Waals surface area contributed by atoms with E-state index in [0.29, 0.717) is 0 Å². The van der Waals surface area contributed by atoms with E-state index >= 15 is 0 Å². The molecule has 16 heavy (non-hydrogen) atoms. The van der Waals surface area contributed by atoms with Crippen LogP contribution in [0.4, 0.5) is 0 Å². The molecule has 2 rings (SSSR count). The number of rotatable bonds is 4. The summed E-state index contributed by atoms with van der Waals surface area (Å²) in [5, 5.41) is 7.62. The zero-order chi connectivity index (χ0) is 11.4. The van der Waals surface area contributed by atoms with Gasteiger partial charge in [0.2, 0.25) is 5.16 Å². The highest BCUT2D eigenvalue weighted by Gasteiger charge is 2.08. The van der Waals surface area contributed by atoms with Gasteiger partial charge in [0.25, 0.3) is 0 Å². The van der Waals surface area contributed by atoms with Gasteiger partial charge in [-0.1, -0.05) is 42.1 Å². The summed E-state index contributed by atoms with van der Waals surface area (Å²) in [6, 6.07) is 10.1. The first-order valence-electron chi connectivity index (χ1n) is 5.08. The van der Waals surface area contributed by atoms with Crippen LogP contribution < -0.4 is 5.73 Å². The number of H-pyrrole nitrogens is 1. The van der Waals surface area contributed by atoms with Gasteiger partial charge in [0.05, 0.1) is 0 Å². The van der Waals surface area contributed by atoms with E-state index < -0.39 is 0 Å². The van der Waals surface area contributed by atoms with Crippen molar-refractivity contribution >= 4 is 11.8 Å². The molecule has 0 spiro atoms. The number of aryl methyl sites for hydroxylation is 1. The van der Waals surface area contributed by atoms with Crippen molar-refractivity contribution in [2.45, 2.75) is 18.1 Å². The van der Waals surface area contributed by atoms with Crippen molar-refractivity contribution in [2.24, 2.45) is 5.73 Å². The van der Waals surface area contributed by atoms with E-state index in [1.165, 1.54) is 0 Å². The number of hydrogen-bond donors (Lipinski definition) is 2. The van der Waals surface area contributed by atoms with Crippen molar-refractivity contribution < 1.29 is 0 Å². The molecule has 0 saturated carbocycles. The minimum atomic E-state index is 0.0185. The Hall–Kier alpha value is -1.33. The summed E-state index contributed by atoms with van der Waals surface area (Å²) in [6.07, 6.45) is 0. The highest BCUT2D eigenvalue weighted by Crippen LogP contribution is 2.20. The van der Waals surface area contributed by atoms with E-state index in [-0.39, 0.29) is 6.04 Å². The van der Waals surface area contributed by atoms with Gasteiger partial charge in [0, 0.05) is 11.8 Å². The maximum absolute atomic E-state index is 6.06. The van der Waals surface area contributed by atoms with Crippen LogP contribution in [-0.2, 0) is 0 Å². The Bertz CT molecular complexity index is 440. The third kappa shape index (κ3) is 2.84. The van der Waals surface area contributed by atoms with Crippen LogP contribution in [0.25, 0.3) is 0 Å². The van der Waals surface area contributed by atoms with Crippen LogP contribution >= 0.6 is 11.8 Å². The van der Waals surface area contributed by atoms with E-state index in [0.717, 1.165) is 22.3 Å². The second kappa shape index (κ2) is 5.14. The molecular formula is C11H14N4S. The molecule has 0 aliphatic rings. The van der Waals surface area contributed by atoms with Gasteiger partial charge in [-0.15, -0.1) is 5.10 Å². The molecule has 4 nitrogen and oxygen atoms in total. The summed E-state index contributed by atoms with van der Waals surface area (Å²) in [4.78, 5) is 4.22. The number of aromatic nitrogens is 3. The molecule has 0 saturated heterocycles. The van der Waals surface area contributed by atoms with Crippen LogP contribution in [0.1, 0.15) is 17.4 Å². The van der Waals surface area contributed by atoms with Crippen molar-refractivity contribution in [3.8, 4) is 0 Å². The largest absolute Gasteiger partial charge is 0.323 e. The van der Waals surface area contributed by atoms with Gasteiger partial charge in [-0.05, 0) is 12.5 Å². The normalized spacial score (nSPS) is 12.6. The monoisotopic (exact) mass is 234 g/mol. The first kappa shape index (κ1) is 11.2. The molecule has 1 unspecified atom stereocenters. The highest BCUT2D eigenvalue weighted by molar-refractivity contribution is 7.99. The lowest BCUT2D eigenvalue weighted by Crippen LogP contribution is -2.12. The van der Waals surface area contributed by atoms with Crippen molar-refractivity contribution in [3.63, 3.8) is 0 Å². The summed E-state index contributed by atoms with van der Waals surface area (Å²) in [5.74, 6) is 1.61. The predicted octanol–water partition coefficient (Wildman–Crippen LogP) is 1.91. The Kier molecular flexibility index (Phi) is 3.58. The number of aromatic amines is 1. The van der Waals surface area contributed by atoms with Gasteiger partial charge >= 0.3 is 0 Å². The topological polar surface area (TPSA) is 67.6 Å². The Labute approximate surface area is 98.7 Å². The van der Waals surface area contributed by atoms with Crippen LogP contribution in [0.2, 0.25) is 0 Å². The minimum absolute atomic E-state index is 0.0185. The fourth-order valence-electron chi connectivity index (χ4n) is 1.35. The number of hydrogen-bond acceptors (Lipinski definition) is 4. The molecule has 2 aromatic rings. The van der Waals surface area contributed by atoms with Gasteiger partial charge in [0.15, 0.2) is 0 Å². The molecule has 1 aromatic heterocycles. The quantitative estimate of drug-likeness (QED) is 0.793. The molecule has 0 amide bonds. The Morgan fingerprint density at radius 2 is 2.12 bits per heavy atom. The Morgan fingerprint density at radius 1 is 1.38 bits per heavy atom. The molecule has 1 atom stereocenters. The molecule has 84 valence electrons. The summed E-state index contributed by atoms with van der Waals surface area (Å²) < 4.78 is 0. The first-order chi connectivity index (χ1) is 7.75. The van der Waals surface area contributed by atoms with Crippen molar-refractivity contribution in [1.82, 2.24) is 15.2 Å². The van der Waals surface area contributed by atoms with E-state index in [4.69, 9.17) is 5.73 Å². The third-order valence-electron chi connectivity index (χ3n) is 2.20. The number of benzene rings is 1. The number of nitrogens with two attached hydrogens (primary N) is 1. The van der Waals surface area contributed by atoms with Gasteiger partial charge in [-0.2, -0.15) is 0 Å². The summed E-state index contributed by atoms with van der Waals surface area (Å²) in [5.41, 5.74) is 7.20. The zero-order valence-electron chi connectivity index (χ0n) is 9.05. The maximum atomic E-state index is 6.06. The van der Waals surface area contributed by atoms with Crippen molar-refractivity contribution in [2.75, 3.05) is 5.75 Å². The van der Waals surface area contributed by atoms with Crippen LogP contribution in [0.5, 0.6) is 0 Å². The van der Waals surface area contributed by atoms with Crippen LogP contribution in [-0.4, -0.2) is 20.9 Å². The molecule has 0 aliphatic carbocycles. The Balaban J connectivity index is 1.91. The number of nitrogens with one attached hydrogen (secondary N) is 1. The molecule has 1 aromatic carbocycles. The van der Waals surface area contributed by atoms with E-state index in [1.807, 2.05) is 37.3 Å². The molecule has 0 bridgehead atoms. The predicted molar refractivity (Wildman–Crippen MR) is 65.2 cm³/mol. The third-order valence-corrected chi connectivity index (χ3v) is 3.16. The van der Waals surface area contributed by atoms with Crippen LogP contribution in [0.15, 0.2) is 35.5 Å². The maximum Gasteiger partial charge on any atom is 0.208 e. The fraction of sp³-hybridized carbons (Fsp3) is 0.273. The molecule has 0 aliphatic heterocycles. The summed E-state index contributed by atoms with van der Waals surface area (Å²) >= 11 is 1.57. The lowest BCUT2D eigenvalue weighted by molar-refractivity contribution is 0.827. The van der Waals surface area contributed by atoms with E-state index in [2.05, 4.69) is 15.2 Å². The van der Waals surface area contributed by atoms with Crippen molar-refractivity contribution in [1.29, 1.82) is 0 Å². The molecule has 0 fully saturated rings. The van der Waals surface area contributed by atoms with Crippen LogP contribution in [0.3, 0.4) is 0 Å². The second-order valence-corrected chi connectivity index (χ2v) is 4.52. The first-order valence-corrected chi connectivity index (χ1v) is 6.06. The number of nitrogens with zero attached hydrogens (tertiary/aromatic N) is 2. The smallest absolute Gasteiger partial charge is 0.208 e. The van der Waals surface area contributed by atoms with Crippen LogP contribution in [0, 0.1) is 6.92 Å².